The summed E-state index contributed by atoms with van der Waals surface area (Å²) in [6.45, 7) is 2.80. The summed E-state index contributed by atoms with van der Waals surface area (Å²) in [6, 6.07) is 7.35. The lowest BCUT2D eigenvalue weighted by Gasteiger charge is -2.10. The van der Waals surface area contributed by atoms with Crippen molar-refractivity contribution in [2.75, 3.05) is 6.54 Å². The SMILES string of the molecule is CCCC(Br)CNC(=O)c1ccc(Br)cc1. The van der Waals surface area contributed by atoms with Gasteiger partial charge in [-0.1, -0.05) is 45.2 Å². The number of carbonyl (C=O) groups excluding carboxylic acids is 1. The van der Waals surface area contributed by atoms with Crippen LogP contribution >= 0.6 is 31.9 Å². The minimum atomic E-state index is -0.0203. The summed E-state index contributed by atoms with van der Waals surface area (Å²) >= 11 is 6.87. The highest BCUT2D eigenvalue weighted by Gasteiger charge is 2.07. The van der Waals surface area contributed by atoms with Crippen LogP contribution in [-0.2, 0) is 0 Å². The number of benzene rings is 1. The number of rotatable bonds is 5. The Hall–Kier alpha value is -0.350. The van der Waals surface area contributed by atoms with Crippen LogP contribution in [-0.4, -0.2) is 17.3 Å². The smallest absolute Gasteiger partial charge is 0.251 e. The Morgan fingerprint density at radius 3 is 2.56 bits per heavy atom. The third kappa shape index (κ3) is 4.66. The Morgan fingerprint density at radius 2 is 2.00 bits per heavy atom. The Balaban J connectivity index is 2.43. The van der Waals surface area contributed by atoms with Gasteiger partial charge in [-0.15, -0.1) is 0 Å². The number of halogens is 2. The van der Waals surface area contributed by atoms with Gasteiger partial charge in [0.1, 0.15) is 0 Å². The molecular formula is C12H15Br2NO. The molecule has 1 amide bonds. The fourth-order valence-corrected chi connectivity index (χ4v) is 2.21. The van der Waals surface area contributed by atoms with Crippen molar-refractivity contribution in [1.82, 2.24) is 5.32 Å². The van der Waals surface area contributed by atoms with Crippen LogP contribution < -0.4 is 5.32 Å². The molecule has 4 heteroatoms. The van der Waals surface area contributed by atoms with Gasteiger partial charge in [0, 0.05) is 21.4 Å². The lowest BCUT2D eigenvalue weighted by atomic mass is 10.2. The fraction of sp³-hybridized carbons (Fsp3) is 0.417. The Morgan fingerprint density at radius 1 is 1.38 bits per heavy atom. The van der Waals surface area contributed by atoms with E-state index in [1.165, 1.54) is 0 Å². The predicted octanol–water partition coefficient (Wildman–Crippen LogP) is 3.74. The quantitative estimate of drug-likeness (QED) is 0.807. The largest absolute Gasteiger partial charge is 0.351 e. The number of hydrogen-bond donors (Lipinski definition) is 1. The molecule has 0 aliphatic heterocycles. The summed E-state index contributed by atoms with van der Waals surface area (Å²) in [5, 5.41) is 2.90. The number of amides is 1. The minimum Gasteiger partial charge on any atom is -0.351 e. The zero-order valence-electron chi connectivity index (χ0n) is 9.17. The maximum absolute atomic E-state index is 11.7. The van der Waals surface area contributed by atoms with Gasteiger partial charge in [0.05, 0.1) is 0 Å². The molecule has 1 unspecified atom stereocenters. The van der Waals surface area contributed by atoms with Crippen molar-refractivity contribution >= 4 is 37.8 Å². The van der Waals surface area contributed by atoms with E-state index in [1.54, 1.807) is 0 Å². The van der Waals surface area contributed by atoms with Crippen LogP contribution in [0.15, 0.2) is 28.7 Å². The molecule has 0 bridgehead atoms. The van der Waals surface area contributed by atoms with E-state index in [9.17, 15) is 4.79 Å². The molecule has 1 aromatic rings. The van der Waals surface area contributed by atoms with Crippen molar-refractivity contribution in [3.63, 3.8) is 0 Å². The average Bonchev–Trinajstić information content (AvgIpc) is 2.27. The molecule has 0 saturated carbocycles. The van der Waals surface area contributed by atoms with Gasteiger partial charge in [0.15, 0.2) is 0 Å². The molecule has 0 heterocycles. The predicted molar refractivity (Wildman–Crippen MR) is 74.1 cm³/mol. The van der Waals surface area contributed by atoms with Gasteiger partial charge in [-0.3, -0.25) is 4.79 Å². The lowest BCUT2D eigenvalue weighted by Crippen LogP contribution is -2.29. The van der Waals surface area contributed by atoms with Gasteiger partial charge in [-0.25, -0.2) is 0 Å². The second-order valence-corrected chi connectivity index (χ2v) is 5.81. The van der Waals surface area contributed by atoms with Crippen molar-refractivity contribution in [1.29, 1.82) is 0 Å². The van der Waals surface area contributed by atoms with Crippen molar-refractivity contribution in [3.8, 4) is 0 Å². The van der Waals surface area contributed by atoms with Crippen LogP contribution in [0, 0.1) is 0 Å². The van der Waals surface area contributed by atoms with Crippen LogP contribution in [0.2, 0.25) is 0 Å². The van der Waals surface area contributed by atoms with Gasteiger partial charge >= 0.3 is 0 Å². The molecule has 1 aromatic carbocycles. The van der Waals surface area contributed by atoms with E-state index in [0.29, 0.717) is 16.9 Å². The monoisotopic (exact) mass is 347 g/mol. The normalized spacial score (nSPS) is 12.2. The number of alkyl halides is 1. The Kier molecular flexibility index (Phi) is 6.06. The maximum Gasteiger partial charge on any atom is 0.251 e. The van der Waals surface area contributed by atoms with Crippen molar-refractivity contribution < 1.29 is 4.79 Å². The highest BCUT2D eigenvalue weighted by atomic mass is 79.9. The van der Waals surface area contributed by atoms with Gasteiger partial charge in [-0.2, -0.15) is 0 Å². The highest BCUT2D eigenvalue weighted by Crippen LogP contribution is 2.11. The number of carbonyl (C=O) groups is 1. The second kappa shape index (κ2) is 7.07. The third-order valence-corrected chi connectivity index (χ3v) is 3.50. The molecule has 0 aliphatic carbocycles. The average molecular weight is 349 g/mol. The summed E-state index contributed by atoms with van der Waals surface area (Å²) in [6.07, 6.45) is 2.19. The van der Waals surface area contributed by atoms with Crippen LogP contribution in [0.1, 0.15) is 30.1 Å². The fourth-order valence-electron chi connectivity index (χ4n) is 1.32. The topological polar surface area (TPSA) is 29.1 Å². The minimum absolute atomic E-state index is 0.0203. The molecule has 2 nitrogen and oxygen atoms in total. The molecular weight excluding hydrogens is 334 g/mol. The molecule has 0 fully saturated rings. The van der Waals surface area contributed by atoms with E-state index in [0.717, 1.165) is 17.3 Å². The Labute approximate surface area is 113 Å². The van der Waals surface area contributed by atoms with E-state index in [2.05, 4.69) is 44.1 Å². The van der Waals surface area contributed by atoms with E-state index >= 15 is 0 Å². The van der Waals surface area contributed by atoms with Crippen molar-refractivity contribution in [2.45, 2.75) is 24.6 Å². The molecule has 1 N–H and O–H groups in total. The highest BCUT2D eigenvalue weighted by molar-refractivity contribution is 9.10. The van der Waals surface area contributed by atoms with Crippen LogP contribution in [0.5, 0.6) is 0 Å². The number of hydrogen-bond acceptors (Lipinski definition) is 1. The third-order valence-electron chi connectivity index (χ3n) is 2.19. The van der Waals surface area contributed by atoms with Crippen molar-refractivity contribution in [2.24, 2.45) is 0 Å². The Bertz CT molecular complexity index is 337. The van der Waals surface area contributed by atoms with Crippen LogP contribution in [0.3, 0.4) is 0 Å². The van der Waals surface area contributed by atoms with Gasteiger partial charge < -0.3 is 5.32 Å². The van der Waals surface area contributed by atoms with Crippen LogP contribution in [0.4, 0.5) is 0 Å². The molecule has 0 radical (unpaired) electrons. The maximum atomic E-state index is 11.7. The zero-order chi connectivity index (χ0) is 12.0. The first kappa shape index (κ1) is 13.7. The van der Waals surface area contributed by atoms with E-state index < -0.39 is 0 Å². The molecule has 0 spiro atoms. The second-order valence-electron chi connectivity index (χ2n) is 3.60. The molecule has 16 heavy (non-hydrogen) atoms. The molecule has 1 rings (SSSR count). The van der Waals surface area contributed by atoms with E-state index in [1.807, 2.05) is 24.3 Å². The van der Waals surface area contributed by atoms with Gasteiger partial charge in [-0.05, 0) is 30.7 Å². The molecule has 0 aliphatic rings. The van der Waals surface area contributed by atoms with Gasteiger partial charge in [0.2, 0.25) is 0 Å². The van der Waals surface area contributed by atoms with Gasteiger partial charge in [0.25, 0.3) is 5.91 Å². The van der Waals surface area contributed by atoms with Crippen LogP contribution in [0.25, 0.3) is 0 Å². The summed E-state index contributed by atoms with van der Waals surface area (Å²) in [4.78, 5) is 12.1. The first-order valence-electron chi connectivity index (χ1n) is 5.31. The molecule has 1 atom stereocenters. The lowest BCUT2D eigenvalue weighted by molar-refractivity contribution is 0.0953. The van der Waals surface area contributed by atoms with E-state index in [4.69, 9.17) is 0 Å². The zero-order valence-corrected chi connectivity index (χ0v) is 12.3. The first-order chi connectivity index (χ1) is 7.63. The summed E-state index contributed by atoms with van der Waals surface area (Å²) < 4.78 is 0.980. The number of nitrogens with one attached hydrogen (secondary N) is 1. The summed E-state index contributed by atoms with van der Waals surface area (Å²) in [7, 11) is 0. The summed E-state index contributed by atoms with van der Waals surface area (Å²) in [5.74, 6) is -0.0203. The molecule has 0 saturated heterocycles. The molecule has 88 valence electrons. The standard InChI is InChI=1S/C12H15Br2NO/c1-2-3-11(14)8-15-12(16)9-4-6-10(13)7-5-9/h4-7,11H,2-3,8H2,1H3,(H,15,16). The first-order valence-corrected chi connectivity index (χ1v) is 7.02. The van der Waals surface area contributed by atoms with E-state index in [-0.39, 0.29) is 5.91 Å². The van der Waals surface area contributed by atoms with Crippen molar-refractivity contribution in [3.05, 3.63) is 34.3 Å². The summed E-state index contributed by atoms with van der Waals surface area (Å²) in [5.41, 5.74) is 0.694. The molecule has 0 aromatic heterocycles.